The van der Waals surface area contributed by atoms with E-state index in [2.05, 4.69) is 9.88 Å². The number of nitrogens with zero attached hydrogens (tertiary/aromatic N) is 2. The lowest BCUT2D eigenvalue weighted by Crippen LogP contribution is -2.52. The van der Waals surface area contributed by atoms with E-state index in [0.29, 0.717) is 11.8 Å². The highest BCUT2D eigenvalue weighted by Gasteiger charge is 2.35. The minimum Gasteiger partial charge on any atom is -0.473 e. The first-order valence-corrected chi connectivity index (χ1v) is 7.95. The number of rotatable bonds is 4. The number of piperidine rings is 3. The van der Waals surface area contributed by atoms with Crippen LogP contribution in [0.4, 0.5) is 0 Å². The molecule has 4 heterocycles. The van der Waals surface area contributed by atoms with E-state index in [1.165, 1.54) is 25.9 Å². The summed E-state index contributed by atoms with van der Waals surface area (Å²) in [4.78, 5) is 6.87. The molecule has 0 saturated carbocycles. The average molecular weight is 333 g/mol. The molecule has 23 heavy (non-hydrogen) atoms. The van der Waals surface area contributed by atoms with E-state index in [9.17, 15) is 0 Å². The predicted molar refractivity (Wildman–Crippen MR) is 91.6 cm³/mol. The van der Waals surface area contributed by atoms with Gasteiger partial charge in [0.15, 0.2) is 0 Å². The average Bonchev–Trinajstić information content (AvgIpc) is 2.59. The third-order valence-electron chi connectivity index (χ3n) is 4.56. The van der Waals surface area contributed by atoms with E-state index < -0.39 is 0 Å². The number of fused-ring (bicyclic) bond motifs is 3. The van der Waals surface area contributed by atoms with Gasteiger partial charge in [0.25, 0.3) is 0 Å². The Morgan fingerprint density at radius 1 is 0.957 bits per heavy atom. The van der Waals surface area contributed by atoms with Gasteiger partial charge in [0.05, 0.1) is 6.20 Å². The normalized spacial score (nSPS) is 25.5. The molecular weight excluding hydrogens is 312 g/mol. The van der Waals surface area contributed by atoms with Crippen molar-refractivity contribution in [3.8, 4) is 17.4 Å². The summed E-state index contributed by atoms with van der Waals surface area (Å²) >= 11 is 0. The number of hydrogen-bond acceptors (Lipinski definition) is 4. The van der Waals surface area contributed by atoms with Gasteiger partial charge in [0, 0.05) is 12.6 Å². The summed E-state index contributed by atoms with van der Waals surface area (Å²) in [5.74, 6) is 2.93. The third kappa shape index (κ3) is 3.77. The fourth-order valence-electron chi connectivity index (χ4n) is 3.32. The SMILES string of the molecule is Cl.c1ccc(Oc2ccc(OC3CN4CCC3CC4)nc2)cc1. The van der Waals surface area contributed by atoms with Crippen LogP contribution >= 0.6 is 12.4 Å². The van der Waals surface area contributed by atoms with Gasteiger partial charge in [0.2, 0.25) is 5.88 Å². The monoisotopic (exact) mass is 332 g/mol. The molecule has 122 valence electrons. The summed E-state index contributed by atoms with van der Waals surface area (Å²) in [5.41, 5.74) is 0. The maximum atomic E-state index is 6.09. The van der Waals surface area contributed by atoms with Crippen molar-refractivity contribution < 1.29 is 9.47 Å². The van der Waals surface area contributed by atoms with Crippen molar-refractivity contribution in [2.24, 2.45) is 5.92 Å². The van der Waals surface area contributed by atoms with E-state index in [0.717, 1.165) is 18.0 Å². The fourth-order valence-corrected chi connectivity index (χ4v) is 3.32. The number of para-hydroxylation sites is 1. The highest BCUT2D eigenvalue weighted by molar-refractivity contribution is 5.85. The molecule has 0 spiro atoms. The number of halogens is 1. The molecule has 1 unspecified atom stereocenters. The Balaban J connectivity index is 0.00000156. The van der Waals surface area contributed by atoms with Gasteiger partial charge in [-0.1, -0.05) is 18.2 Å². The van der Waals surface area contributed by atoms with Crippen molar-refractivity contribution in [3.05, 3.63) is 48.7 Å². The van der Waals surface area contributed by atoms with Crippen LogP contribution in [-0.4, -0.2) is 35.6 Å². The van der Waals surface area contributed by atoms with E-state index in [1.807, 2.05) is 42.5 Å². The highest BCUT2D eigenvalue weighted by Crippen LogP contribution is 2.30. The molecule has 2 bridgehead atoms. The van der Waals surface area contributed by atoms with Gasteiger partial charge >= 0.3 is 0 Å². The molecule has 0 aliphatic carbocycles. The molecule has 3 saturated heterocycles. The van der Waals surface area contributed by atoms with E-state index in [4.69, 9.17) is 9.47 Å². The predicted octanol–water partition coefficient (Wildman–Crippen LogP) is 3.77. The molecule has 2 aromatic rings. The summed E-state index contributed by atoms with van der Waals surface area (Å²) in [6.07, 6.45) is 4.51. The molecule has 1 aromatic carbocycles. The Morgan fingerprint density at radius 3 is 2.35 bits per heavy atom. The maximum Gasteiger partial charge on any atom is 0.213 e. The molecule has 0 amide bonds. The summed E-state index contributed by atoms with van der Waals surface area (Å²) in [5, 5.41) is 0. The van der Waals surface area contributed by atoms with E-state index in [-0.39, 0.29) is 18.5 Å². The van der Waals surface area contributed by atoms with Crippen molar-refractivity contribution in [2.45, 2.75) is 18.9 Å². The van der Waals surface area contributed by atoms with Gasteiger partial charge in [-0.25, -0.2) is 4.98 Å². The summed E-state index contributed by atoms with van der Waals surface area (Å²) < 4.78 is 11.8. The van der Waals surface area contributed by atoms with Crippen LogP contribution in [0.5, 0.6) is 17.4 Å². The first-order valence-electron chi connectivity index (χ1n) is 7.95. The molecule has 1 atom stereocenters. The van der Waals surface area contributed by atoms with Crippen LogP contribution in [0.2, 0.25) is 0 Å². The number of benzene rings is 1. The molecule has 3 fully saturated rings. The smallest absolute Gasteiger partial charge is 0.213 e. The van der Waals surface area contributed by atoms with Crippen molar-refractivity contribution in [1.29, 1.82) is 0 Å². The van der Waals surface area contributed by atoms with Gasteiger partial charge in [-0.15, -0.1) is 12.4 Å². The molecule has 0 N–H and O–H groups in total. The third-order valence-corrected chi connectivity index (χ3v) is 4.56. The maximum absolute atomic E-state index is 6.09. The zero-order chi connectivity index (χ0) is 14.8. The minimum absolute atomic E-state index is 0. The van der Waals surface area contributed by atoms with Crippen LogP contribution in [0.25, 0.3) is 0 Å². The standard InChI is InChI=1S/C18H20N2O2.ClH/c1-2-4-15(5-3-1)21-16-6-7-18(19-12-16)22-17-13-20-10-8-14(17)9-11-20;/h1-7,12,14,17H,8-11,13H2;1H. The molecule has 3 aliphatic heterocycles. The highest BCUT2D eigenvalue weighted by atomic mass is 35.5. The summed E-state index contributed by atoms with van der Waals surface area (Å²) in [7, 11) is 0. The van der Waals surface area contributed by atoms with Crippen molar-refractivity contribution in [3.63, 3.8) is 0 Å². The quantitative estimate of drug-likeness (QED) is 0.853. The van der Waals surface area contributed by atoms with Crippen molar-refractivity contribution in [1.82, 2.24) is 9.88 Å². The number of hydrogen-bond donors (Lipinski definition) is 0. The van der Waals surface area contributed by atoms with Crippen molar-refractivity contribution >= 4 is 12.4 Å². The van der Waals surface area contributed by atoms with Gasteiger partial charge in [-0.05, 0) is 50.0 Å². The lowest BCUT2D eigenvalue weighted by Gasteiger charge is -2.44. The van der Waals surface area contributed by atoms with Crippen molar-refractivity contribution in [2.75, 3.05) is 19.6 Å². The fraction of sp³-hybridized carbons (Fsp3) is 0.389. The Labute approximate surface area is 142 Å². The first kappa shape index (κ1) is 16.1. The Kier molecular flexibility index (Phi) is 5.03. The molecule has 5 rings (SSSR count). The summed E-state index contributed by atoms with van der Waals surface area (Å²) in [6.45, 7) is 3.48. The lowest BCUT2D eigenvalue weighted by atomic mass is 9.86. The Hall–Kier alpha value is -1.78. The minimum atomic E-state index is 0. The van der Waals surface area contributed by atoms with E-state index >= 15 is 0 Å². The Bertz CT molecular complexity index is 613. The Morgan fingerprint density at radius 2 is 1.74 bits per heavy atom. The lowest BCUT2D eigenvalue weighted by molar-refractivity contribution is -0.00996. The van der Waals surface area contributed by atoms with Gasteiger partial charge in [-0.3, -0.25) is 4.90 Å². The van der Waals surface area contributed by atoms with Crippen LogP contribution in [0.3, 0.4) is 0 Å². The van der Waals surface area contributed by atoms with Gasteiger partial charge in [-0.2, -0.15) is 0 Å². The second kappa shape index (κ2) is 7.20. The van der Waals surface area contributed by atoms with Gasteiger partial charge in [0.1, 0.15) is 17.6 Å². The molecule has 5 heteroatoms. The molecule has 3 aliphatic rings. The largest absolute Gasteiger partial charge is 0.473 e. The van der Waals surface area contributed by atoms with E-state index in [1.54, 1.807) is 6.20 Å². The number of pyridine rings is 1. The molecule has 0 radical (unpaired) electrons. The van der Waals surface area contributed by atoms with Crippen LogP contribution in [0.15, 0.2) is 48.7 Å². The first-order chi connectivity index (χ1) is 10.9. The second-order valence-corrected chi connectivity index (χ2v) is 6.04. The van der Waals surface area contributed by atoms with Crippen LogP contribution in [0.1, 0.15) is 12.8 Å². The number of ether oxygens (including phenoxy) is 2. The van der Waals surface area contributed by atoms with Gasteiger partial charge < -0.3 is 9.47 Å². The van der Waals surface area contributed by atoms with Crippen LogP contribution < -0.4 is 9.47 Å². The zero-order valence-corrected chi connectivity index (χ0v) is 13.7. The summed E-state index contributed by atoms with van der Waals surface area (Å²) in [6, 6.07) is 13.5. The molecular formula is C18H21ClN2O2. The zero-order valence-electron chi connectivity index (χ0n) is 12.9. The van der Waals surface area contributed by atoms with Crippen LogP contribution in [0, 0.1) is 5.92 Å². The second-order valence-electron chi connectivity index (χ2n) is 6.04. The molecule has 4 nitrogen and oxygen atoms in total. The molecule has 1 aromatic heterocycles. The number of aromatic nitrogens is 1. The topological polar surface area (TPSA) is 34.6 Å². The van der Waals surface area contributed by atoms with Crippen LogP contribution in [-0.2, 0) is 0 Å².